The Kier molecular flexibility index (Phi) is 3.09. The molecule has 1 aromatic carbocycles. The molecule has 1 unspecified atom stereocenters. The molecule has 0 fully saturated rings. The second kappa shape index (κ2) is 4.11. The molecule has 0 aliphatic carbocycles. The first-order chi connectivity index (χ1) is 6.50. The van der Waals surface area contributed by atoms with Crippen LogP contribution >= 0.6 is 0 Å². The lowest BCUT2D eigenvalue weighted by molar-refractivity contribution is -0.117. The van der Waals surface area contributed by atoms with E-state index in [1.807, 2.05) is 6.92 Å². The van der Waals surface area contributed by atoms with E-state index in [0.29, 0.717) is 5.69 Å². The zero-order valence-corrected chi connectivity index (χ0v) is 8.24. The summed E-state index contributed by atoms with van der Waals surface area (Å²) in [6.45, 7) is 3.44. The summed E-state index contributed by atoms with van der Waals surface area (Å²) in [6, 6.07) is 4.44. The average molecular weight is 194 g/mol. The molecule has 76 valence electrons. The minimum absolute atomic E-state index is 0.0546. The standard InChI is InChI=1S/C10H14N2O2/c1-6-3-4-8(9(13)5-6)12-10(14)7(2)11/h3-5,7,13H,11H2,1-2H3,(H,12,14). The highest BCUT2D eigenvalue weighted by Gasteiger charge is 2.09. The van der Waals surface area contributed by atoms with Crippen molar-refractivity contribution in [1.29, 1.82) is 0 Å². The summed E-state index contributed by atoms with van der Waals surface area (Å²) in [5, 5.41) is 12.0. The number of amides is 1. The molecule has 0 spiro atoms. The SMILES string of the molecule is Cc1ccc(NC(=O)C(C)N)c(O)c1. The molecule has 0 heterocycles. The Hall–Kier alpha value is -1.55. The van der Waals surface area contributed by atoms with Gasteiger partial charge in [-0.15, -0.1) is 0 Å². The Morgan fingerprint density at radius 1 is 1.57 bits per heavy atom. The zero-order valence-electron chi connectivity index (χ0n) is 8.24. The summed E-state index contributed by atoms with van der Waals surface area (Å²) >= 11 is 0. The second-order valence-electron chi connectivity index (χ2n) is 3.30. The number of nitrogens with two attached hydrogens (primary N) is 1. The molecule has 4 heteroatoms. The van der Waals surface area contributed by atoms with Crippen LogP contribution in [0.15, 0.2) is 18.2 Å². The third kappa shape index (κ3) is 2.47. The lowest BCUT2D eigenvalue weighted by atomic mass is 10.2. The number of rotatable bonds is 2. The molecule has 0 saturated carbocycles. The monoisotopic (exact) mass is 194 g/mol. The fourth-order valence-electron chi connectivity index (χ4n) is 0.994. The molecule has 4 N–H and O–H groups in total. The molecule has 0 radical (unpaired) electrons. The van der Waals surface area contributed by atoms with Gasteiger partial charge in [-0.05, 0) is 31.5 Å². The van der Waals surface area contributed by atoms with Gasteiger partial charge >= 0.3 is 0 Å². The number of benzene rings is 1. The number of nitrogens with one attached hydrogen (secondary N) is 1. The van der Waals surface area contributed by atoms with Gasteiger partial charge in [0.25, 0.3) is 0 Å². The predicted octanol–water partition coefficient (Wildman–Crippen LogP) is 0.986. The van der Waals surface area contributed by atoms with Gasteiger partial charge in [0.15, 0.2) is 0 Å². The van der Waals surface area contributed by atoms with E-state index in [2.05, 4.69) is 5.32 Å². The van der Waals surface area contributed by atoms with E-state index < -0.39 is 6.04 Å². The van der Waals surface area contributed by atoms with E-state index in [0.717, 1.165) is 5.56 Å². The molecule has 0 aliphatic rings. The second-order valence-corrected chi connectivity index (χ2v) is 3.30. The number of carbonyl (C=O) groups is 1. The van der Waals surface area contributed by atoms with Crippen LogP contribution in [0.25, 0.3) is 0 Å². The highest BCUT2D eigenvalue weighted by Crippen LogP contribution is 2.23. The van der Waals surface area contributed by atoms with Crippen molar-refractivity contribution in [3.05, 3.63) is 23.8 Å². The Balaban J connectivity index is 2.82. The van der Waals surface area contributed by atoms with Crippen LogP contribution in [0.5, 0.6) is 5.75 Å². The van der Waals surface area contributed by atoms with Gasteiger partial charge in [0, 0.05) is 0 Å². The van der Waals surface area contributed by atoms with Crippen molar-refractivity contribution in [2.45, 2.75) is 19.9 Å². The van der Waals surface area contributed by atoms with Crippen LogP contribution in [0.2, 0.25) is 0 Å². The van der Waals surface area contributed by atoms with E-state index in [4.69, 9.17) is 5.73 Å². The topological polar surface area (TPSA) is 75.4 Å². The van der Waals surface area contributed by atoms with E-state index in [1.165, 1.54) is 0 Å². The number of aromatic hydroxyl groups is 1. The molecule has 14 heavy (non-hydrogen) atoms. The van der Waals surface area contributed by atoms with Gasteiger partial charge in [-0.1, -0.05) is 6.07 Å². The first kappa shape index (κ1) is 10.5. The Bertz CT molecular complexity index is 348. The van der Waals surface area contributed by atoms with Crippen molar-refractivity contribution in [1.82, 2.24) is 0 Å². The lowest BCUT2D eigenvalue weighted by Crippen LogP contribution is -2.32. The maximum atomic E-state index is 11.2. The van der Waals surface area contributed by atoms with Crippen LogP contribution in [0.4, 0.5) is 5.69 Å². The van der Waals surface area contributed by atoms with E-state index in [9.17, 15) is 9.90 Å². The zero-order chi connectivity index (χ0) is 10.7. The Morgan fingerprint density at radius 3 is 2.71 bits per heavy atom. The fraction of sp³-hybridized carbons (Fsp3) is 0.300. The molecular formula is C10H14N2O2. The van der Waals surface area contributed by atoms with Gasteiger partial charge in [0.1, 0.15) is 5.75 Å². The van der Waals surface area contributed by atoms with Crippen molar-refractivity contribution in [3.8, 4) is 5.75 Å². The third-order valence-corrected chi connectivity index (χ3v) is 1.82. The molecule has 1 rings (SSSR count). The van der Waals surface area contributed by atoms with Crippen molar-refractivity contribution in [3.63, 3.8) is 0 Å². The first-order valence-corrected chi connectivity index (χ1v) is 4.37. The summed E-state index contributed by atoms with van der Waals surface area (Å²) < 4.78 is 0. The van der Waals surface area contributed by atoms with Gasteiger partial charge in [-0.2, -0.15) is 0 Å². The minimum Gasteiger partial charge on any atom is -0.506 e. The molecule has 0 saturated heterocycles. The lowest BCUT2D eigenvalue weighted by Gasteiger charge is -2.09. The molecule has 0 aromatic heterocycles. The van der Waals surface area contributed by atoms with Crippen molar-refractivity contribution in [2.24, 2.45) is 5.73 Å². The highest BCUT2D eigenvalue weighted by molar-refractivity contribution is 5.95. The molecule has 0 bridgehead atoms. The van der Waals surface area contributed by atoms with Gasteiger partial charge < -0.3 is 16.2 Å². The first-order valence-electron chi connectivity index (χ1n) is 4.37. The molecule has 1 aromatic rings. The fourth-order valence-corrected chi connectivity index (χ4v) is 0.994. The summed E-state index contributed by atoms with van der Waals surface area (Å²) in [6.07, 6.45) is 0. The quantitative estimate of drug-likeness (QED) is 0.614. The van der Waals surface area contributed by atoms with E-state index >= 15 is 0 Å². The van der Waals surface area contributed by atoms with Crippen LogP contribution in [0, 0.1) is 6.92 Å². The molecular weight excluding hydrogens is 180 g/mol. The van der Waals surface area contributed by atoms with Gasteiger partial charge in [0.2, 0.25) is 5.91 Å². The maximum absolute atomic E-state index is 11.2. The van der Waals surface area contributed by atoms with Crippen LogP contribution in [-0.2, 0) is 4.79 Å². The van der Waals surface area contributed by atoms with Gasteiger partial charge in [-0.3, -0.25) is 4.79 Å². The Morgan fingerprint density at radius 2 is 2.21 bits per heavy atom. The van der Waals surface area contributed by atoms with Crippen molar-refractivity contribution in [2.75, 3.05) is 5.32 Å². The summed E-state index contributed by atoms with van der Waals surface area (Å²) in [5.74, 6) is -0.261. The number of hydrogen-bond acceptors (Lipinski definition) is 3. The molecule has 1 amide bonds. The predicted molar refractivity (Wildman–Crippen MR) is 55.1 cm³/mol. The van der Waals surface area contributed by atoms with Crippen LogP contribution in [-0.4, -0.2) is 17.1 Å². The summed E-state index contributed by atoms with van der Waals surface area (Å²) in [4.78, 5) is 11.2. The number of carbonyl (C=O) groups excluding carboxylic acids is 1. The average Bonchev–Trinajstić information content (AvgIpc) is 2.09. The highest BCUT2D eigenvalue weighted by atomic mass is 16.3. The normalized spacial score (nSPS) is 12.2. The number of hydrogen-bond donors (Lipinski definition) is 3. The van der Waals surface area contributed by atoms with Crippen LogP contribution in [0.3, 0.4) is 0 Å². The van der Waals surface area contributed by atoms with Crippen molar-refractivity contribution >= 4 is 11.6 Å². The summed E-state index contributed by atoms with van der Waals surface area (Å²) in [5.41, 5.74) is 6.69. The number of anilines is 1. The van der Waals surface area contributed by atoms with E-state index in [-0.39, 0.29) is 11.7 Å². The molecule has 4 nitrogen and oxygen atoms in total. The van der Waals surface area contributed by atoms with Crippen LogP contribution < -0.4 is 11.1 Å². The van der Waals surface area contributed by atoms with Gasteiger partial charge in [-0.25, -0.2) is 0 Å². The van der Waals surface area contributed by atoms with E-state index in [1.54, 1.807) is 25.1 Å². The third-order valence-electron chi connectivity index (χ3n) is 1.82. The summed E-state index contributed by atoms with van der Waals surface area (Å²) in [7, 11) is 0. The minimum atomic E-state index is -0.587. The Labute approximate surface area is 82.7 Å². The van der Waals surface area contributed by atoms with Gasteiger partial charge in [0.05, 0.1) is 11.7 Å². The maximum Gasteiger partial charge on any atom is 0.241 e. The van der Waals surface area contributed by atoms with Crippen LogP contribution in [0.1, 0.15) is 12.5 Å². The molecule has 1 atom stereocenters. The smallest absolute Gasteiger partial charge is 0.241 e. The number of phenolic OH excluding ortho intramolecular Hbond substituents is 1. The molecule has 0 aliphatic heterocycles. The van der Waals surface area contributed by atoms with Crippen molar-refractivity contribution < 1.29 is 9.90 Å². The number of phenols is 1. The number of aryl methyl sites for hydroxylation is 1. The largest absolute Gasteiger partial charge is 0.506 e.